The molecule has 3 heteroatoms. The molecule has 2 nitrogen and oxygen atoms in total. The predicted octanol–water partition coefficient (Wildman–Crippen LogP) is 0.890. The van der Waals surface area contributed by atoms with Crippen molar-refractivity contribution in [2.45, 2.75) is 0 Å². The first kappa shape index (κ1) is 7.23. The monoisotopic (exact) mass is 153 g/mol. The van der Waals surface area contributed by atoms with Crippen molar-refractivity contribution in [1.29, 1.82) is 5.41 Å². The van der Waals surface area contributed by atoms with E-state index in [0.29, 0.717) is 0 Å². The zero-order valence-electron chi connectivity index (χ0n) is 5.33. The molecular weight excluding hydrogens is 145 g/mol. The summed E-state index contributed by atoms with van der Waals surface area (Å²) < 4.78 is 0. The van der Waals surface area contributed by atoms with Gasteiger partial charge >= 0.3 is 0 Å². The lowest BCUT2D eigenvalue weighted by atomic mass is 10.2. The van der Waals surface area contributed by atoms with Crippen LogP contribution >= 0.6 is 9.24 Å². The molecular formula is C7H8NOP. The Bertz CT molecular complexity index is 260. The number of phenols is 1. The van der Waals surface area contributed by atoms with E-state index in [4.69, 9.17) is 10.5 Å². The van der Waals surface area contributed by atoms with Crippen LogP contribution in [0.5, 0.6) is 5.75 Å². The third kappa shape index (κ3) is 1.34. The van der Waals surface area contributed by atoms with Gasteiger partial charge in [0.05, 0.1) is 0 Å². The van der Waals surface area contributed by atoms with Crippen LogP contribution in [0.4, 0.5) is 0 Å². The minimum absolute atomic E-state index is 0.232. The van der Waals surface area contributed by atoms with Gasteiger partial charge in [-0.1, -0.05) is 0 Å². The zero-order valence-corrected chi connectivity index (χ0v) is 6.49. The van der Waals surface area contributed by atoms with Gasteiger partial charge in [0.15, 0.2) is 0 Å². The van der Waals surface area contributed by atoms with Gasteiger partial charge in [-0.25, -0.2) is 0 Å². The van der Waals surface area contributed by atoms with E-state index < -0.39 is 0 Å². The fourth-order valence-corrected chi connectivity index (χ4v) is 1.04. The molecule has 0 amide bonds. The molecule has 2 N–H and O–H groups in total. The topological polar surface area (TPSA) is 44.1 Å². The summed E-state index contributed by atoms with van der Waals surface area (Å²) in [5.74, 6) is 0.232. The van der Waals surface area contributed by atoms with Gasteiger partial charge in [-0.3, -0.25) is 0 Å². The number of rotatable bonds is 1. The van der Waals surface area contributed by atoms with Gasteiger partial charge in [0.1, 0.15) is 5.75 Å². The van der Waals surface area contributed by atoms with E-state index in [1.165, 1.54) is 6.21 Å². The van der Waals surface area contributed by atoms with E-state index in [9.17, 15) is 0 Å². The Labute approximate surface area is 61.6 Å². The molecule has 0 saturated heterocycles. The van der Waals surface area contributed by atoms with Gasteiger partial charge < -0.3 is 10.5 Å². The molecule has 0 saturated carbocycles. The molecule has 0 heterocycles. The second-order valence-electron chi connectivity index (χ2n) is 1.96. The lowest BCUT2D eigenvalue weighted by molar-refractivity contribution is 0.476. The van der Waals surface area contributed by atoms with E-state index in [-0.39, 0.29) is 5.75 Å². The van der Waals surface area contributed by atoms with Crippen molar-refractivity contribution < 1.29 is 5.11 Å². The zero-order chi connectivity index (χ0) is 7.56. The Hall–Kier alpha value is -0.880. The molecule has 1 aromatic rings. The highest BCUT2D eigenvalue weighted by atomic mass is 31.0. The van der Waals surface area contributed by atoms with E-state index in [1.54, 1.807) is 18.2 Å². The summed E-state index contributed by atoms with van der Waals surface area (Å²) in [7, 11) is 2.45. The molecule has 0 aliphatic heterocycles. The lowest BCUT2D eigenvalue weighted by Gasteiger charge is -1.97. The number of phenolic OH excluding ortho intramolecular Hbond substituents is 1. The molecule has 1 rings (SSSR count). The second kappa shape index (κ2) is 2.80. The minimum atomic E-state index is 0.232. The highest BCUT2D eigenvalue weighted by Crippen LogP contribution is 2.08. The highest BCUT2D eigenvalue weighted by molar-refractivity contribution is 7.27. The Morgan fingerprint density at radius 3 is 2.70 bits per heavy atom. The molecule has 0 radical (unpaired) electrons. The van der Waals surface area contributed by atoms with Crippen molar-refractivity contribution in [3.63, 3.8) is 0 Å². The number of hydrogen-bond acceptors (Lipinski definition) is 2. The Morgan fingerprint density at radius 1 is 1.50 bits per heavy atom. The Kier molecular flexibility index (Phi) is 2.03. The first-order chi connectivity index (χ1) is 4.74. The maximum Gasteiger partial charge on any atom is 0.116 e. The van der Waals surface area contributed by atoms with Gasteiger partial charge in [-0.05, 0) is 29.1 Å². The van der Waals surface area contributed by atoms with Crippen LogP contribution in [-0.2, 0) is 0 Å². The van der Waals surface area contributed by atoms with Gasteiger partial charge in [-0.2, -0.15) is 0 Å². The quantitative estimate of drug-likeness (QED) is 0.456. The number of aromatic hydroxyl groups is 1. The average Bonchev–Trinajstić information content (AvgIpc) is 1.88. The van der Waals surface area contributed by atoms with E-state index in [0.717, 1.165) is 10.9 Å². The van der Waals surface area contributed by atoms with Gasteiger partial charge in [0, 0.05) is 6.21 Å². The molecule has 0 bridgehead atoms. The number of nitrogens with one attached hydrogen (secondary N) is 1. The van der Waals surface area contributed by atoms with Gasteiger partial charge in [-0.15, -0.1) is 9.24 Å². The summed E-state index contributed by atoms with van der Waals surface area (Å²) in [4.78, 5) is 0. The fourth-order valence-electron chi connectivity index (χ4n) is 0.694. The second-order valence-corrected chi connectivity index (χ2v) is 2.58. The number of benzene rings is 1. The number of hydrogen-bond donors (Lipinski definition) is 2. The molecule has 0 aliphatic rings. The van der Waals surface area contributed by atoms with Gasteiger partial charge in [0.2, 0.25) is 0 Å². The summed E-state index contributed by atoms with van der Waals surface area (Å²) in [6.45, 7) is 0. The maximum absolute atomic E-state index is 8.94. The molecule has 10 heavy (non-hydrogen) atoms. The van der Waals surface area contributed by atoms with Crippen molar-refractivity contribution in [3.8, 4) is 5.75 Å². The van der Waals surface area contributed by atoms with Crippen LogP contribution < -0.4 is 5.30 Å². The third-order valence-corrected chi connectivity index (χ3v) is 1.73. The van der Waals surface area contributed by atoms with Crippen LogP contribution in [0.1, 0.15) is 5.56 Å². The maximum atomic E-state index is 8.94. The largest absolute Gasteiger partial charge is 0.508 e. The lowest BCUT2D eigenvalue weighted by Crippen LogP contribution is -1.98. The Balaban J connectivity index is 3.19. The minimum Gasteiger partial charge on any atom is -0.508 e. The van der Waals surface area contributed by atoms with Crippen molar-refractivity contribution in [2.75, 3.05) is 0 Å². The van der Waals surface area contributed by atoms with Crippen molar-refractivity contribution in [1.82, 2.24) is 0 Å². The van der Waals surface area contributed by atoms with Crippen molar-refractivity contribution in [2.24, 2.45) is 0 Å². The van der Waals surface area contributed by atoms with Crippen LogP contribution in [0.3, 0.4) is 0 Å². The van der Waals surface area contributed by atoms with E-state index >= 15 is 0 Å². The third-order valence-electron chi connectivity index (χ3n) is 1.23. The highest BCUT2D eigenvalue weighted by Gasteiger charge is 1.94. The van der Waals surface area contributed by atoms with E-state index in [1.807, 2.05) is 0 Å². The van der Waals surface area contributed by atoms with Gasteiger partial charge in [0.25, 0.3) is 0 Å². The Morgan fingerprint density at radius 2 is 2.20 bits per heavy atom. The molecule has 1 atom stereocenters. The van der Waals surface area contributed by atoms with Crippen LogP contribution in [0.25, 0.3) is 0 Å². The average molecular weight is 153 g/mol. The van der Waals surface area contributed by atoms with Crippen LogP contribution in [-0.4, -0.2) is 11.3 Å². The predicted molar refractivity (Wildman–Crippen MR) is 45.3 cm³/mol. The SMILES string of the molecule is N=Cc1ccc(O)cc1P. The molecule has 0 fully saturated rings. The molecule has 52 valence electrons. The summed E-state index contributed by atoms with van der Waals surface area (Å²) in [6, 6.07) is 4.86. The van der Waals surface area contributed by atoms with Crippen LogP contribution in [0, 0.1) is 5.41 Å². The van der Waals surface area contributed by atoms with Crippen LogP contribution in [0.15, 0.2) is 18.2 Å². The summed E-state index contributed by atoms with van der Waals surface area (Å²) in [6.07, 6.45) is 1.25. The van der Waals surface area contributed by atoms with Crippen molar-refractivity contribution in [3.05, 3.63) is 23.8 Å². The first-order valence-corrected chi connectivity index (χ1v) is 3.41. The summed E-state index contributed by atoms with van der Waals surface area (Å²) >= 11 is 0. The standard InChI is InChI=1S/C7H8NOP/c8-4-5-1-2-6(9)3-7(5)10/h1-4,8-9H,10H2. The molecule has 1 unspecified atom stereocenters. The van der Waals surface area contributed by atoms with Crippen molar-refractivity contribution >= 4 is 20.8 Å². The van der Waals surface area contributed by atoms with E-state index in [2.05, 4.69) is 9.24 Å². The molecule has 1 aromatic carbocycles. The first-order valence-electron chi connectivity index (χ1n) is 2.83. The normalized spacial score (nSPS) is 9.30. The molecule has 0 spiro atoms. The fraction of sp³-hybridized carbons (Fsp3) is 0. The molecule has 0 aliphatic carbocycles. The van der Waals surface area contributed by atoms with Crippen LogP contribution in [0.2, 0.25) is 0 Å². The summed E-state index contributed by atoms with van der Waals surface area (Å²) in [5, 5.41) is 16.7. The molecule has 0 aromatic heterocycles. The smallest absolute Gasteiger partial charge is 0.116 e. The summed E-state index contributed by atoms with van der Waals surface area (Å²) in [5.41, 5.74) is 0.808.